The minimum absolute atomic E-state index is 0.0293. The Morgan fingerprint density at radius 1 is 1.00 bits per heavy atom. The lowest BCUT2D eigenvalue weighted by atomic mass is 9.95. The van der Waals surface area contributed by atoms with Crippen LogP contribution in [0.15, 0.2) is 57.1 Å². The van der Waals surface area contributed by atoms with Crippen LogP contribution in [-0.4, -0.2) is 50.2 Å². The highest BCUT2D eigenvalue weighted by Gasteiger charge is 2.66. The molecular weight excluding hydrogens is 575 g/mol. The zero-order chi connectivity index (χ0) is 30.2. The number of thioether (sulfide) groups is 1. The Morgan fingerprint density at radius 2 is 1.61 bits per heavy atom. The van der Waals surface area contributed by atoms with Crippen LogP contribution >= 0.6 is 11.8 Å². The molecule has 3 heterocycles. The summed E-state index contributed by atoms with van der Waals surface area (Å²) in [5, 5.41) is 10.3. The van der Waals surface area contributed by atoms with E-state index in [0.29, 0.717) is 0 Å². The van der Waals surface area contributed by atoms with Crippen molar-refractivity contribution < 1.29 is 17.7 Å². The number of nitriles is 1. The van der Waals surface area contributed by atoms with Crippen molar-refractivity contribution in [3.8, 4) is 6.07 Å². The Morgan fingerprint density at radius 3 is 2.15 bits per heavy atom. The van der Waals surface area contributed by atoms with Gasteiger partial charge in [-0.1, -0.05) is 73.6 Å². The second-order valence-electron chi connectivity index (χ2n) is 12.3. The molecule has 2 aliphatic rings. The number of ether oxygens (including phenoxy) is 1. The molecule has 0 radical (unpaired) electrons. The minimum atomic E-state index is -3.07. The van der Waals surface area contributed by atoms with E-state index in [1.165, 1.54) is 28.6 Å². The zero-order valence-corrected chi connectivity index (χ0v) is 28.1. The number of rotatable bonds is 8. The first-order chi connectivity index (χ1) is 19.3. The molecule has 0 amide bonds. The summed E-state index contributed by atoms with van der Waals surface area (Å²) >= 11 is 1.48. The van der Waals surface area contributed by atoms with Gasteiger partial charge in [0.1, 0.15) is 10.9 Å². The highest BCUT2D eigenvalue weighted by atomic mass is 32.2. The first-order valence-electron chi connectivity index (χ1n) is 14.4. The summed E-state index contributed by atoms with van der Waals surface area (Å²) in [7, 11) is -5.90. The van der Waals surface area contributed by atoms with E-state index in [1.54, 1.807) is 0 Å². The molecule has 1 aromatic heterocycles. The average molecular weight is 618 g/mol. The Labute approximate surface area is 249 Å². The van der Waals surface area contributed by atoms with Gasteiger partial charge < -0.3 is 17.7 Å². The van der Waals surface area contributed by atoms with Crippen LogP contribution in [0, 0.1) is 11.3 Å². The van der Waals surface area contributed by atoms with Gasteiger partial charge in [0.25, 0.3) is 5.56 Å². The molecule has 41 heavy (non-hydrogen) atoms. The number of H-pyrrole nitrogens is 1. The van der Waals surface area contributed by atoms with Gasteiger partial charge in [-0.2, -0.15) is 5.26 Å². The number of hydrogen-bond donors (Lipinski definition) is 1. The van der Waals surface area contributed by atoms with E-state index >= 15 is 0 Å². The van der Waals surface area contributed by atoms with Gasteiger partial charge in [0, 0.05) is 17.2 Å². The maximum atomic E-state index is 13.2. The van der Waals surface area contributed by atoms with Gasteiger partial charge in [-0.3, -0.25) is 14.3 Å². The van der Waals surface area contributed by atoms with Crippen LogP contribution in [0.3, 0.4) is 0 Å². The number of hydrogen-bond acceptors (Lipinski definition) is 8. The third kappa shape index (κ3) is 5.70. The van der Waals surface area contributed by atoms with Crippen LogP contribution in [0.1, 0.15) is 68.0 Å². The van der Waals surface area contributed by atoms with E-state index < -0.39 is 51.6 Å². The van der Waals surface area contributed by atoms with Crippen LogP contribution in [0.25, 0.3) is 0 Å². The van der Waals surface area contributed by atoms with Crippen molar-refractivity contribution in [1.82, 2.24) is 9.55 Å². The standard InChI is InChI=1S/C29H43N3O6SSi2/c1-19(2)40(20(3)4)35-18-24-26(37-41(38-40,21(5)6)22(7)8)29(15-16-30,39-23-12-10-9-11-13-23)27(36-24)32-17-14-25(33)31-28(32)34/h9-14,17,19-22,24,26-27H,15,18H2,1-8H3,(H,31,33,34)/t24-,26-,27-,29+/m1/s1. The van der Waals surface area contributed by atoms with E-state index in [4.69, 9.17) is 17.7 Å². The van der Waals surface area contributed by atoms with Gasteiger partial charge in [0.15, 0.2) is 6.23 Å². The maximum absolute atomic E-state index is 13.2. The lowest BCUT2D eigenvalue weighted by Gasteiger charge is -2.52. The summed E-state index contributed by atoms with van der Waals surface area (Å²) in [6.45, 7) is 17.5. The lowest BCUT2D eigenvalue weighted by molar-refractivity contribution is -0.0570. The molecule has 0 bridgehead atoms. The monoisotopic (exact) mass is 617 g/mol. The van der Waals surface area contributed by atoms with Gasteiger partial charge in [-0.05, 0) is 34.3 Å². The second kappa shape index (κ2) is 12.3. The van der Waals surface area contributed by atoms with E-state index in [-0.39, 0.29) is 35.2 Å². The van der Waals surface area contributed by atoms with E-state index in [0.717, 1.165) is 4.90 Å². The van der Waals surface area contributed by atoms with Gasteiger partial charge >= 0.3 is 22.8 Å². The predicted octanol–water partition coefficient (Wildman–Crippen LogP) is 5.84. The molecule has 0 spiro atoms. The molecule has 1 aromatic carbocycles. The molecule has 0 aliphatic carbocycles. The van der Waals surface area contributed by atoms with Crippen molar-refractivity contribution in [3.05, 3.63) is 63.4 Å². The van der Waals surface area contributed by atoms with Crippen molar-refractivity contribution >= 4 is 28.9 Å². The lowest BCUT2D eigenvalue weighted by Crippen LogP contribution is -2.66. The number of fused-ring (bicyclic) bond motifs is 1. The maximum Gasteiger partial charge on any atom is 0.335 e. The fourth-order valence-corrected chi connectivity index (χ4v) is 19.1. The van der Waals surface area contributed by atoms with Crippen LogP contribution in [-0.2, 0) is 17.7 Å². The number of aromatic amines is 1. The Kier molecular flexibility index (Phi) is 9.60. The van der Waals surface area contributed by atoms with Crippen LogP contribution in [0.5, 0.6) is 0 Å². The van der Waals surface area contributed by atoms with Gasteiger partial charge in [-0.15, -0.1) is 11.8 Å². The SMILES string of the molecule is CC(C)[Si]1(C(C)C)OC[C@H]2O[C@@H](n3ccc(=O)[nH]c3=O)[C@@](CC#N)(Sc3ccccc3)[C@@H]2O[Si](C(C)C)(C(C)C)O1. The molecule has 1 N–H and O–H groups in total. The summed E-state index contributed by atoms with van der Waals surface area (Å²) < 4.78 is 28.8. The molecule has 2 aliphatic heterocycles. The van der Waals surface area contributed by atoms with Crippen LogP contribution in [0.2, 0.25) is 22.2 Å². The summed E-state index contributed by atoms with van der Waals surface area (Å²) in [6, 6.07) is 13.4. The van der Waals surface area contributed by atoms with Crippen molar-refractivity contribution in [2.24, 2.45) is 0 Å². The van der Waals surface area contributed by atoms with E-state index in [9.17, 15) is 14.9 Å². The highest BCUT2D eigenvalue weighted by molar-refractivity contribution is 8.00. The molecular formula is C29H43N3O6SSi2. The molecule has 0 saturated carbocycles. The molecule has 12 heteroatoms. The Hall–Kier alpha value is -1.99. The topological polar surface area (TPSA) is 116 Å². The minimum Gasteiger partial charge on any atom is -0.414 e. The summed E-state index contributed by atoms with van der Waals surface area (Å²) in [5.74, 6) is 0. The van der Waals surface area contributed by atoms with Crippen molar-refractivity contribution in [2.75, 3.05) is 6.61 Å². The third-order valence-electron chi connectivity index (χ3n) is 8.37. The van der Waals surface area contributed by atoms with E-state index in [2.05, 4.69) is 66.4 Å². The summed E-state index contributed by atoms with van der Waals surface area (Å²) in [6.07, 6.45) is -0.633. The summed E-state index contributed by atoms with van der Waals surface area (Å²) in [4.78, 5) is 28.5. The molecule has 2 saturated heterocycles. The average Bonchev–Trinajstić information content (AvgIpc) is 3.15. The highest BCUT2D eigenvalue weighted by Crippen LogP contribution is 2.57. The number of benzene rings is 1. The second-order valence-corrected chi connectivity index (χ2v) is 22.5. The number of nitrogens with zero attached hydrogens (tertiary/aromatic N) is 2. The molecule has 4 atom stereocenters. The molecule has 2 fully saturated rings. The van der Waals surface area contributed by atoms with Crippen LogP contribution in [0.4, 0.5) is 0 Å². The van der Waals surface area contributed by atoms with Crippen molar-refractivity contribution in [3.63, 3.8) is 0 Å². The van der Waals surface area contributed by atoms with Gasteiger partial charge in [0.2, 0.25) is 0 Å². The fraction of sp³-hybridized carbons (Fsp3) is 0.621. The van der Waals surface area contributed by atoms with Crippen LogP contribution < -0.4 is 11.2 Å². The zero-order valence-electron chi connectivity index (χ0n) is 25.2. The number of nitrogens with one attached hydrogen (secondary N) is 1. The third-order valence-corrected chi connectivity index (χ3v) is 20.1. The first-order valence-corrected chi connectivity index (χ1v) is 19.2. The Balaban J connectivity index is 1.98. The molecule has 4 rings (SSSR count). The largest absolute Gasteiger partial charge is 0.414 e. The first kappa shape index (κ1) is 31.9. The Bertz CT molecular complexity index is 1340. The van der Waals surface area contributed by atoms with Crippen molar-refractivity contribution in [2.45, 2.75) is 112 Å². The van der Waals surface area contributed by atoms with E-state index in [1.807, 2.05) is 30.3 Å². The predicted molar refractivity (Wildman–Crippen MR) is 164 cm³/mol. The quantitative estimate of drug-likeness (QED) is 0.368. The van der Waals surface area contributed by atoms with Gasteiger partial charge in [0.05, 0.1) is 25.2 Å². The van der Waals surface area contributed by atoms with Crippen molar-refractivity contribution in [1.29, 1.82) is 5.26 Å². The molecule has 2 aromatic rings. The fourth-order valence-electron chi connectivity index (χ4n) is 6.31. The number of aromatic nitrogens is 2. The summed E-state index contributed by atoms with van der Waals surface area (Å²) in [5.41, 5.74) is -0.631. The molecule has 0 unspecified atom stereocenters. The molecule has 224 valence electrons. The normalized spacial score (nSPS) is 27.5. The molecule has 9 nitrogen and oxygen atoms in total. The smallest absolute Gasteiger partial charge is 0.335 e. The van der Waals surface area contributed by atoms with Gasteiger partial charge in [-0.25, -0.2) is 4.79 Å².